The first-order valence-corrected chi connectivity index (χ1v) is 6.91. The van der Waals surface area contributed by atoms with Gasteiger partial charge in [-0.25, -0.2) is 9.07 Å². The van der Waals surface area contributed by atoms with Crippen LogP contribution in [0.1, 0.15) is 31.1 Å². The normalized spacial score (nSPS) is 20.5. The lowest BCUT2D eigenvalue weighted by molar-refractivity contribution is -0.0366. The minimum Gasteiger partial charge on any atom is -0.356 e. The third kappa shape index (κ3) is 1.86. The van der Waals surface area contributed by atoms with Crippen molar-refractivity contribution in [1.82, 2.24) is 9.78 Å². The van der Waals surface area contributed by atoms with Gasteiger partial charge in [-0.15, -0.1) is 0 Å². The molecule has 1 aromatic carbocycles. The first-order chi connectivity index (χ1) is 8.68. The number of hydrogen-bond acceptors (Lipinski definition) is 2. The molecule has 0 saturated carbocycles. The Kier molecular flexibility index (Phi) is 3.11. The third-order valence-electron chi connectivity index (χ3n) is 3.45. The predicted molar refractivity (Wildman–Crippen MR) is 71.0 cm³/mol. The molecule has 0 spiro atoms. The van der Waals surface area contributed by atoms with Crippen molar-refractivity contribution in [1.29, 1.82) is 0 Å². The van der Waals surface area contributed by atoms with Gasteiger partial charge in [0.1, 0.15) is 5.82 Å². The Hall–Kier alpha value is -0.940. The van der Waals surface area contributed by atoms with Gasteiger partial charge in [0.15, 0.2) is 6.23 Å². The number of benzene rings is 1. The van der Waals surface area contributed by atoms with Gasteiger partial charge >= 0.3 is 0 Å². The van der Waals surface area contributed by atoms with Crippen LogP contribution >= 0.6 is 15.9 Å². The quantitative estimate of drug-likeness (QED) is 0.797. The molecule has 5 heteroatoms. The van der Waals surface area contributed by atoms with Crippen LogP contribution in [-0.2, 0) is 4.74 Å². The molecule has 3 rings (SSSR count). The summed E-state index contributed by atoms with van der Waals surface area (Å²) in [6.07, 6.45) is 4.85. The minimum absolute atomic E-state index is 0.0646. The van der Waals surface area contributed by atoms with Crippen molar-refractivity contribution >= 4 is 26.8 Å². The van der Waals surface area contributed by atoms with Gasteiger partial charge in [-0.1, -0.05) is 0 Å². The maximum absolute atomic E-state index is 13.8. The fraction of sp³-hybridized carbons (Fsp3) is 0.462. The van der Waals surface area contributed by atoms with E-state index >= 15 is 0 Å². The monoisotopic (exact) mass is 312 g/mol. The lowest BCUT2D eigenvalue weighted by Gasteiger charge is -2.23. The van der Waals surface area contributed by atoms with E-state index in [-0.39, 0.29) is 12.0 Å². The molecule has 1 aromatic heterocycles. The summed E-state index contributed by atoms with van der Waals surface area (Å²) < 4.78 is 22.1. The van der Waals surface area contributed by atoms with Crippen LogP contribution in [0, 0.1) is 12.7 Å². The smallest absolute Gasteiger partial charge is 0.150 e. The van der Waals surface area contributed by atoms with Gasteiger partial charge in [-0.3, -0.25) is 0 Å². The molecular weight excluding hydrogens is 299 g/mol. The van der Waals surface area contributed by atoms with Crippen LogP contribution in [-0.4, -0.2) is 16.4 Å². The number of rotatable bonds is 1. The van der Waals surface area contributed by atoms with E-state index in [4.69, 9.17) is 4.74 Å². The highest BCUT2D eigenvalue weighted by atomic mass is 79.9. The lowest BCUT2D eigenvalue weighted by atomic mass is 10.1. The fourth-order valence-corrected chi connectivity index (χ4v) is 2.86. The molecule has 0 amide bonds. The van der Waals surface area contributed by atoms with E-state index in [1.54, 1.807) is 23.9 Å². The molecule has 3 nitrogen and oxygen atoms in total. The topological polar surface area (TPSA) is 27.1 Å². The zero-order valence-electron chi connectivity index (χ0n) is 10.1. The Morgan fingerprint density at radius 2 is 2.33 bits per heavy atom. The summed E-state index contributed by atoms with van der Waals surface area (Å²) in [6.45, 7) is 2.51. The average molecular weight is 313 g/mol. The number of fused-ring (bicyclic) bond motifs is 1. The Labute approximate surface area is 113 Å². The molecule has 0 N–H and O–H groups in total. The second kappa shape index (κ2) is 4.63. The van der Waals surface area contributed by atoms with Gasteiger partial charge in [0, 0.05) is 22.5 Å². The van der Waals surface area contributed by atoms with E-state index in [1.165, 1.54) is 0 Å². The number of ether oxygens (including phenoxy) is 1. The fourth-order valence-electron chi connectivity index (χ4n) is 2.37. The van der Waals surface area contributed by atoms with E-state index in [1.807, 2.05) is 0 Å². The summed E-state index contributed by atoms with van der Waals surface area (Å²) in [5.41, 5.74) is 1.41. The molecule has 0 aliphatic carbocycles. The summed E-state index contributed by atoms with van der Waals surface area (Å²) in [7, 11) is 0. The van der Waals surface area contributed by atoms with Crippen molar-refractivity contribution in [2.75, 3.05) is 6.61 Å². The van der Waals surface area contributed by atoms with Crippen molar-refractivity contribution in [3.63, 3.8) is 0 Å². The highest BCUT2D eigenvalue weighted by Crippen LogP contribution is 2.32. The molecular formula is C13H14BrFN2O. The van der Waals surface area contributed by atoms with Crippen molar-refractivity contribution in [2.45, 2.75) is 32.4 Å². The van der Waals surface area contributed by atoms with Crippen LogP contribution < -0.4 is 0 Å². The molecule has 96 valence electrons. The number of aromatic nitrogens is 2. The summed E-state index contributed by atoms with van der Waals surface area (Å²) >= 11 is 3.43. The minimum atomic E-state index is -0.216. The van der Waals surface area contributed by atoms with Crippen LogP contribution in [0.5, 0.6) is 0 Å². The zero-order chi connectivity index (χ0) is 12.7. The van der Waals surface area contributed by atoms with Crippen LogP contribution in [0.2, 0.25) is 0 Å². The Morgan fingerprint density at radius 1 is 1.50 bits per heavy atom. The molecule has 2 aromatic rings. The molecule has 1 fully saturated rings. The van der Waals surface area contributed by atoms with E-state index in [0.717, 1.165) is 41.2 Å². The standard InChI is InChI=1S/C13H14BrFN2O/c1-8-10(15)6-11-9(13(8)14)7-16-17(11)12-4-2-3-5-18-12/h6-7,12H,2-5H2,1H3. The van der Waals surface area contributed by atoms with Crippen molar-refractivity contribution in [3.05, 3.63) is 28.1 Å². The van der Waals surface area contributed by atoms with Crippen LogP contribution in [0.15, 0.2) is 16.7 Å². The number of hydrogen-bond donors (Lipinski definition) is 0. The summed E-state index contributed by atoms with van der Waals surface area (Å²) in [6, 6.07) is 1.54. The lowest BCUT2D eigenvalue weighted by Crippen LogP contribution is -2.19. The first kappa shape index (κ1) is 12.1. The first-order valence-electron chi connectivity index (χ1n) is 6.12. The molecule has 18 heavy (non-hydrogen) atoms. The molecule has 1 aliphatic heterocycles. The molecule has 1 saturated heterocycles. The highest BCUT2D eigenvalue weighted by molar-refractivity contribution is 9.10. The summed E-state index contributed by atoms with van der Waals surface area (Å²) in [5.74, 6) is -0.216. The summed E-state index contributed by atoms with van der Waals surface area (Å²) in [5, 5.41) is 5.29. The van der Waals surface area contributed by atoms with Crippen LogP contribution in [0.4, 0.5) is 4.39 Å². The van der Waals surface area contributed by atoms with Gasteiger partial charge < -0.3 is 4.74 Å². The van der Waals surface area contributed by atoms with Gasteiger partial charge in [0.05, 0.1) is 11.7 Å². The molecule has 0 bridgehead atoms. The Balaban J connectivity index is 2.13. The van der Waals surface area contributed by atoms with Crippen LogP contribution in [0.3, 0.4) is 0 Å². The zero-order valence-corrected chi connectivity index (χ0v) is 11.7. The van der Waals surface area contributed by atoms with E-state index in [9.17, 15) is 4.39 Å². The predicted octanol–water partition coefficient (Wildman–Crippen LogP) is 3.95. The van der Waals surface area contributed by atoms with E-state index < -0.39 is 0 Å². The third-order valence-corrected chi connectivity index (χ3v) is 4.47. The number of nitrogens with zero attached hydrogens (tertiary/aromatic N) is 2. The van der Waals surface area contributed by atoms with E-state index in [2.05, 4.69) is 21.0 Å². The van der Waals surface area contributed by atoms with Gasteiger partial charge in [-0.05, 0) is 47.7 Å². The molecule has 0 radical (unpaired) electrons. The maximum atomic E-state index is 13.8. The van der Waals surface area contributed by atoms with Gasteiger partial charge in [-0.2, -0.15) is 5.10 Å². The Bertz CT molecular complexity index is 590. The van der Waals surface area contributed by atoms with Crippen molar-refractivity contribution in [2.24, 2.45) is 0 Å². The SMILES string of the molecule is Cc1c(F)cc2c(cnn2C2CCCCO2)c1Br. The van der Waals surface area contributed by atoms with Crippen LogP contribution in [0.25, 0.3) is 10.9 Å². The van der Waals surface area contributed by atoms with Gasteiger partial charge in [0.2, 0.25) is 0 Å². The van der Waals surface area contributed by atoms with E-state index in [0.29, 0.717) is 5.56 Å². The highest BCUT2D eigenvalue weighted by Gasteiger charge is 2.20. The second-order valence-corrected chi connectivity index (χ2v) is 5.43. The van der Waals surface area contributed by atoms with Gasteiger partial charge in [0.25, 0.3) is 0 Å². The Morgan fingerprint density at radius 3 is 3.06 bits per heavy atom. The second-order valence-electron chi connectivity index (χ2n) is 4.64. The molecule has 1 unspecified atom stereocenters. The molecule has 1 atom stereocenters. The van der Waals surface area contributed by atoms with Crippen molar-refractivity contribution < 1.29 is 9.13 Å². The molecule has 1 aliphatic rings. The summed E-state index contributed by atoms with van der Waals surface area (Å²) in [4.78, 5) is 0. The van der Waals surface area contributed by atoms with Crippen molar-refractivity contribution in [3.8, 4) is 0 Å². The largest absolute Gasteiger partial charge is 0.356 e. The maximum Gasteiger partial charge on any atom is 0.150 e. The average Bonchev–Trinajstić information content (AvgIpc) is 2.81. The molecule has 2 heterocycles. The number of halogens is 2.